The van der Waals surface area contributed by atoms with Crippen LogP contribution in [0.3, 0.4) is 0 Å². The smallest absolute Gasteiger partial charge is 0.230 e. The minimum absolute atomic E-state index is 0.0000430. The number of amides is 2. The molecule has 6 nitrogen and oxygen atoms in total. The number of aromatic nitrogens is 1. The van der Waals surface area contributed by atoms with Crippen LogP contribution in [-0.4, -0.2) is 52.5 Å². The van der Waals surface area contributed by atoms with Crippen molar-refractivity contribution in [3.63, 3.8) is 0 Å². The average Bonchev–Trinajstić information content (AvgIpc) is 3.53. The van der Waals surface area contributed by atoms with E-state index in [-0.39, 0.29) is 24.0 Å². The Hall–Kier alpha value is -2.60. The van der Waals surface area contributed by atoms with Crippen LogP contribution in [0.4, 0.5) is 0 Å². The summed E-state index contributed by atoms with van der Waals surface area (Å²) >= 11 is 0. The second-order valence-electron chi connectivity index (χ2n) is 9.61. The van der Waals surface area contributed by atoms with Gasteiger partial charge in [0.15, 0.2) is 0 Å². The Morgan fingerprint density at radius 1 is 1.23 bits per heavy atom. The van der Waals surface area contributed by atoms with E-state index in [1.807, 2.05) is 35.4 Å². The number of fused-ring (bicyclic) bond motifs is 2. The first-order valence-electron chi connectivity index (χ1n) is 11.7. The van der Waals surface area contributed by atoms with Crippen molar-refractivity contribution in [2.75, 3.05) is 13.1 Å². The summed E-state index contributed by atoms with van der Waals surface area (Å²) in [4.78, 5) is 31.8. The summed E-state index contributed by atoms with van der Waals surface area (Å²) in [5.41, 5.74) is 1.70. The summed E-state index contributed by atoms with van der Waals surface area (Å²) in [6, 6.07) is 8.48. The van der Waals surface area contributed by atoms with Crippen LogP contribution in [0.5, 0.6) is 0 Å². The zero-order valence-corrected chi connectivity index (χ0v) is 17.7. The Bertz CT molecular complexity index is 1050. The molecule has 4 atom stereocenters. The largest absolute Gasteiger partial charge is 0.361 e. The highest BCUT2D eigenvalue weighted by Crippen LogP contribution is 2.52. The van der Waals surface area contributed by atoms with Crippen LogP contribution in [0.2, 0.25) is 0 Å². The lowest BCUT2D eigenvalue weighted by Gasteiger charge is -2.28. The van der Waals surface area contributed by atoms with E-state index in [0.717, 1.165) is 24.8 Å². The molecule has 1 aliphatic carbocycles. The van der Waals surface area contributed by atoms with E-state index in [1.54, 1.807) is 0 Å². The van der Waals surface area contributed by atoms with Crippen molar-refractivity contribution in [2.45, 2.75) is 56.3 Å². The van der Waals surface area contributed by atoms with Crippen LogP contribution in [0, 0.1) is 11.8 Å². The molecule has 2 N–H and O–H groups in total. The van der Waals surface area contributed by atoms with E-state index in [4.69, 9.17) is 4.74 Å². The minimum Gasteiger partial charge on any atom is -0.361 e. The molecule has 2 saturated heterocycles. The monoisotopic (exact) mass is 419 g/mol. The molecule has 0 radical (unpaired) electrons. The fraction of sp³-hybridized carbons (Fsp3) is 0.520. The second kappa shape index (κ2) is 7.23. The summed E-state index contributed by atoms with van der Waals surface area (Å²) in [7, 11) is 0. The molecule has 4 heterocycles. The Morgan fingerprint density at radius 3 is 2.94 bits per heavy atom. The van der Waals surface area contributed by atoms with Gasteiger partial charge in [0.05, 0.1) is 24.5 Å². The molecule has 2 amide bonds. The first kappa shape index (κ1) is 19.1. The van der Waals surface area contributed by atoms with Crippen LogP contribution in [0.15, 0.2) is 42.6 Å². The van der Waals surface area contributed by atoms with Crippen molar-refractivity contribution < 1.29 is 14.3 Å². The molecule has 31 heavy (non-hydrogen) atoms. The van der Waals surface area contributed by atoms with Gasteiger partial charge < -0.3 is 19.9 Å². The van der Waals surface area contributed by atoms with Gasteiger partial charge in [-0.1, -0.05) is 49.6 Å². The maximum Gasteiger partial charge on any atom is 0.230 e. The number of hydrogen-bond donors (Lipinski definition) is 2. The molecule has 162 valence electrons. The van der Waals surface area contributed by atoms with Crippen LogP contribution in [0.25, 0.3) is 10.9 Å². The SMILES string of the molecule is O=C(NC1CCCCC1)C1C2C=CC3(CN(CCc4c[nH]c5ccccc45)C(=O)C13)O2. The topological polar surface area (TPSA) is 74.4 Å². The molecule has 1 aromatic heterocycles. The van der Waals surface area contributed by atoms with Crippen molar-refractivity contribution >= 4 is 22.7 Å². The Balaban J connectivity index is 1.17. The molecule has 1 spiro atoms. The highest BCUT2D eigenvalue weighted by atomic mass is 16.5. The predicted octanol–water partition coefficient (Wildman–Crippen LogP) is 2.94. The molecular formula is C25H29N3O3. The van der Waals surface area contributed by atoms with Crippen molar-refractivity contribution in [2.24, 2.45) is 11.8 Å². The summed E-state index contributed by atoms with van der Waals surface area (Å²) < 4.78 is 6.27. The van der Waals surface area contributed by atoms with Gasteiger partial charge >= 0.3 is 0 Å². The number of para-hydroxylation sites is 1. The number of nitrogens with one attached hydrogen (secondary N) is 2. The summed E-state index contributed by atoms with van der Waals surface area (Å²) in [6.45, 7) is 1.18. The van der Waals surface area contributed by atoms with E-state index >= 15 is 0 Å². The van der Waals surface area contributed by atoms with Gasteiger partial charge in [0.2, 0.25) is 11.8 Å². The van der Waals surface area contributed by atoms with Crippen molar-refractivity contribution in [1.29, 1.82) is 0 Å². The van der Waals surface area contributed by atoms with Gasteiger partial charge in [-0.05, 0) is 30.9 Å². The summed E-state index contributed by atoms with van der Waals surface area (Å²) in [5.74, 6) is -0.734. The molecule has 1 aromatic carbocycles. The number of H-pyrrole nitrogens is 1. The lowest BCUT2D eigenvalue weighted by atomic mass is 9.76. The van der Waals surface area contributed by atoms with E-state index in [2.05, 4.69) is 22.4 Å². The Kier molecular flexibility index (Phi) is 4.46. The molecule has 6 heteroatoms. The number of likely N-dealkylation sites (tertiary alicyclic amines) is 1. The Morgan fingerprint density at radius 2 is 2.06 bits per heavy atom. The third-order valence-electron chi connectivity index (χ3n) is 7.76. The van der Waals surface area contributed by atoms with E-state index in [9.17, 15) is 9.59 Å². The van der Waals surface area contributed by atoms with Gasteiger partial charge in [-0.3, -0.25) is 9.59 Å². The third kappa shape index (κ3) is 3.03. The number of hydrogen-bond acceptors (Lipinski definition) is 3. The van der Waals surface area contributed by atoms with Crippen LogP contribution in [-0.2, 0) is 20.7 Å². The molecule has 4 aliphatic rings. The third-order valence-corrected chi connectivity index (χ3v) is 7.76. The van der Waals surface area contributed by atoms with Crippen molar-refractivity contribution in [3.05, 3.63) is 48.2 Å². The van der Waals surface area contributed by atoms with Crippen LogP contribution < -0.4 is 5.32 Å². The highest BCUT2D eigenvalue weighted by Gasteiger charge is 2.66. The van der Waals surface area contributed by atoms with Crippen LogP contribution in [0.1, 0.15) is 37.7 Å². The number of aromatic amines is 1. The molecule has 4 unspecified atom stereocenters. The van der Waals surface area contributed by atoms with Gasteiger partial charge in [-0.15, -0.1) is 0 Å². The molecule has 2 bridgehead atoms. The molecule has 3 aliphatic heterocycles. The zero-order chi connectivity index (χ0) is 21.0. The number of benzene rings is 1. The first-order valence-corrected chi connectivity index (χ1v) is 11.7. The number of ether oxygens (including phenoxy) is 1. The standard InChI is InChI=1S/C25H29N3O3/c29-23(27-17-6-2-1-3-7-17)21-20-10-12-25(31-20)15-28(24(30)22(21)25)13-11-16-14-26-19-9-5-4-8-18(16)19/h4-5,8-10,12,14,17,20-22,26H,1-3,6-7,11,13,15H2,(H,27,29). The average molecular weight is 420 g/mol. The number of rotatable bonds is 5. The molecule has 3 fully saturated rings. The number of nitrogens with zero attached hydrogens (tertiary/aromatic N) is 1. The summed E-state index contributed by atoms with van der Waals surface area (Å²) in [6.07, 6.45) is 12.3. The second-order valence-corrected chi connectivity index (χ2v) is 9.61. The molecule has 6 rings (SSSR count). The van der Waals surface area contributed by atoms with Gasteiger partial charge in [-0.2, -0.15) is 0 Å². The quantitative estimate of drug-likeness (QED) is 0.732. The molecular weight excluding hydrogens is 390 g/mol. The van der Waals surface area contributed by atoms with Crippen LogP contribution >= 0.6 is 0 Å². The van der Waals surface area contributed by atoms with E-state index in [0.29, 0.717) is 13.1 Å². The van der Waals surface area contributed by atoms with Gasteiger partial charge in [0, 0.05) is 29.7 Å². The van der Waals surface area contributed by atoms with Gasteiger partial charge in [0.1, 0.15) is 5.60 Å². The van der Waals surface area contributed by atoms with Crippen molar-refractivity contribution in [1.82, 2.24) is 15.2 Å². The number of carbonyl (C=O) groups is 2. The fourth-order valence-corrected chi connectivity index (χ4v) is 6.21. The number of carbonyl (C=O) groups excluding carboxylic acids is 2. The first-order chi connectivity index (χ1) is 15.1. The van der Waals surface area contributed by atoms with E-state index < -0.39 is 17.4 Å². The summed E-state index contributed by atoms with van der Waals surface area (Å²) in [5, 5.41) is 4.44. The lowest BCUT2D eigenvalue weighted by Crippen LogP contribution is -2.47. The molecule has 1 saturated carbocycles. The fourth-order valence-electron chi connectivity index (χ4n) is 6.21. The minimum atomic E-state index is -0.628. The Labute approximate surface area is 182 Å². The lowest BCUT2D eigenvalue weighted by molar-refractivity contribution is -0.137. The van der Waals surface area contributed by atoms with Gasteiger partial charge in [0.25, 0.3) is 0 Å². The predicted molar refractivity (Wildman–Crippen MR) is 117 cm³/mol. The highest BCUT2D eigenvalue weighted by molar-refractivity contribution is 5.93. The van der Waals surface area contributed by atoms with Gasteiger partial charge in [-0.25, -0.2) is 0 Å². The van der Waals surface area contributed by atoms with E-state index in [1.165, 1.54) is 30.2 Å². The zero-order valence-electron chi connectivity index (χ0n) is 17.7. The maximum absolute atomic E-state index is 13.4. The normalized spacial score (nSPS) is 32.2. The maximum atomic E-state index is 13.4. The van der Waals surface area contributed by atoms with Crippen molar-refractivity contribution in [3.8, 4) is 0 Å². The molecule has 2 aromatic rings.